The van der Waals surface area contributed by atoms with Crippen LogP contribution in [0.3, 0.4) is 0 Å². The lowest BCUT2D eigenvalue weighted by Gasteiger charge is -2.32. The van der Waals surface area contributed by atoms with Crippen LogP contribution in [0.2, 0.25) is 0 Å². The Balaban J connectivity index is 0.000000545. The van der Waals surface area contributed by atoms with Crippen LogP contribution < -0.4 is 14.8 Å². The van der Waals surface area contributed by atoms with Crippen LogP contribution in [0.4, 0.5) is 0 Å². The fourth-order valence-corrected chi connectivity index (χ4v) is 4.73. The van der Waals surface area contributed by atoms with E-state index >= 15 is 0 Å². The van der Waals surface area contributed by atoms with Gasteiger partial charge >= 0.3 is 23.9 Å². The number of carboxylic acids is 4. The highest BCUT2D eigenvalue weighted by atomic mass is 16.5. The summed E-state index contributed by atoms with van der Waals surface area (Å²) in [6.07, 6.45) is 4.71. The number of hydrogen-bond donors (Lipinski definition) is 5. The summed E-state index contributed by atoms with van der Waals surface area (Å²) in [6.45, 7) is 8.30. The third kappa shape index (κ3) is 19.5. The number of carboxylic acid groups (broad SMARTS) is 4. The van der Waals surface area contributed by atoms with Gasteiger partial charge < -0.3 is 40.1 Å². The largest absolute Gasteiger partial charge is 0.493 e. The van der Waals surface area contributed by atoms with Gasteiger partial charge in [0.15, 0.2) is 11.5 Å². The van der Waals surface area contributed by atoms with Gasteiger partial charge in [0, 0.05) is 45.2 Å². The zero-order chi connectivity index (χ0) is 34.5. The lowest BCUT2D eigenvalue weighted by atomic mass is 9.87. The smallest absolute Gasteiger partial charge is 0.303 e. The third-order valence-corrected chi connectivity index (χ3v) is 7.62. The van der Waals surface area contributed by atoms with Crippen LogP contribution in [0.5, 0.6) is 11.5 Å². The lowest BCUT2D eigenvalue weighted by molar-refractivity contribution is -0.143. The van der Waals surface area contributed by atoms with E-state index in [0.29, 0.717) is 25.5 Å². The molecule has 1 aliphatic carbocycles. The van der Waals surface area contributed by atoms with E-state index in [4.69, 9.17) is 29.9 Å². The fraction of sp³-hybridized carbons (Fsp3) is 0.656. The second-order valence-electron chi connectivity index (χ2n) is 11.6. The van der Waals surface area contributed by atoms with E-state index in [2.05, 4.69) is 29.1 Å². The molecule has 1 heterocycles. The summed E-state index contributed by atoms with van der Waals surface area (Å²) in [7, 11) is 3.84. The first-order valence-corrected chi connectivity index (χ1v) is 15.7. The molecule has 0 radical (unpaired) electrons. The van der Waals surface area contributed by atoms with Crippen LogP contribution in [-0.4, -0.2) is 120 Å². The lowest BCUT2D eigenvalue weighted by Crippen LogP contribution is -2.45. The molecule has 0 spiro atoms. The van der Waals surface area contributed by atoms with Crippen molar-refractivity contribution in [3.63, 3.8) is 0 Å². The number of methoxy groups -OCH3 is 1. The predicted molar refractivity (Wildman–Crippen MR) is 169 cm³/mol. The molecule has 2 fully saturated rings. The second-order valence-corrected chi connectivity index (χ2v) is 11.6. The summed E-state index contributed by atoms with van der Waals surface area (Å²) in [4.78, 5) is 55.7. The molecule has 46 heavy (non-hydrogen) atoms. The Morgan fingerprint density at radius 1 is 0.783 bits per heavy atom. The number of ether oxygens (including phenoxy) is 2. The highest BCUT2D eigenvalue weighted by molar-refractivity contribution is 5.76. The Bertz CT molecular complexity index is 1040. The number of nitrogens with one attached hydrogen (secondary N) is 1. The molecular weight excluding hydrogens is 602 g/mol. The standard InChI is InChI=1S/C24H39N3O3.2C4H6O4/c1-19-4-8-21(9-5-19)25-24(28)11-7-20-6-10-22(23(18-20)29-3)30-17-16-27-14-12-26(2)13-15-27;2*5-3(6)1-2-4(7)8/h6,10,18-19,21H,4-5,7-9,11-17H2,1-3H3,(H,25,28);2*1-2H2,(H,5,6)(H,7,8). The molecule has 1 amide bonds. The zero-order valence-electron chi connectivity index (χ0n) is 27.2. The zero-order valence-corrected chi connectivity index (χ0v) is 27.2. The summed E-state index contributed by atoms with van der Waals surface area (Å²) < 4.78 is 11.5. The second kappa shape index (κ2) is 22.6. The van der Waals surface area contributed by atoms with Gasteiger partial charge in [-0.2, -0.15) is 0 Å². The van der Waals surface area contributed by atoms with Crippen LogP contribution in [0, 0.1) is 5.92 Å². The van der Waals surface area contributed by atoms with E-state index < -0.39 is 23.9 Å². The van der Waals surface area contributed by atoms with Gasteiger partial charge in [-0.15, -0.1) is 0 Å². The molecular formula is C32H51N3O11. The SMILES string of the molecule is COc1cc(CCC(=O)NC2CCC(C)CC2)ccc1OCCN1CCN(C)CC1.O=C(O)CCC(=O)O.O=C(O)CCC(=O)O. The molecule has 5 N–H and O–H groups in total. The number of aliphatic carboxylic acids is 4. The van der Waals surface area contributed by atoms with Crippen molar-refractivity contribution in [2.45, 2.75) is 77.2 Å². The minimum Gasteiger partial charge on any atom is -0.493 e. The van der Waals surface area contributed by atoms with Gasteiger partial charge in [0.2, 0.25) is 5.91 Å². The van der Waals surface area contributed by atoms with Gasteiger partial charge in [0.1, 0.15) is 6.61 Å². The number of piperazine rings is 1. The van der Waals surface area contributed by atoms with Gasteiger partial charge in [-0.05, 0) is 62.8 Å². The Morgan fingerprint density at radius 3 is 1.78 bits per heavy atom. The van der Waals surface area contributed by atoms with Crippen LogP contribution in [0.25, 0.3) is 0 Å². The van der Waals surface area contributed by atoms with E-state index in [1.54, 1.807) is 7.11 Å². The fourth-order valence-electron chi connectivity index (χ4n) is 4.73. The van der Waals surface area contributed by atoms with Crippen LogP contribution in [0.15, 0.2) is 18.2 Å². The Kier molecular flexibility index (Phi) is 19.7. The third-order valence-electron chi connectivity index (χ3n) is 7.62. The Labute approximate surface area is 270 Å². The maximum Gasteiger partial charge on any atom is 0.303 e. The van der Waals surface area contributed by atoms with E-state index in [9.17, 15) is 24.0 Å². The molecule has 2 aliphatic rings. The van der Waals surface area contributed by atoms with E-state index in [0.717, 1.165) is 68.5 Å². The number of likely N-dealkylation sites (N-methyl/N-ethyl adjacent to an activating group) is 1. The molecule has 0 unspecified atom stereocenters. The minimum absolute atomic E-state index is 0.154. The minimum atomic E-state index is -1.08. The topological polar surface area (TPSA) is 203 Å². The quantitative estimate of drug-likeness (QED) is 0.185. The van der Waals surface area contributed by atoms with Gasteiger partial charge in [0.05, 0.1) is 32.8 Å². The van der Waals surface area contributed by atoms with Crippen LogP contribution in [-0.2, 0) is 30.4 Å². The van der Waals surface area contributed by atoms with Crippen LogP contribution in [0.1, 0.15) is 70.3 Å². The van der Waals surface area contributed by atoms with E-state index in [1.807, 2.05) is 18.2 Å². The highest BCUT2D eigenvalue weighted by Crippen LogP contribution is 2.29. The van der Waals surface area contributed by atoms with Crippen molar-refractivity contribution in [1.29, 1.82) is 0 Å². The van der Waals surface area contributed by atoms with Crippen molar-refractivity contribution < 1.29 is 53.9 Å². The number of carbonyl (C=O) groups is 5. The molecule has 14 heteroatoms. The first kappa shape index (κ1) is 40.1. The summed E-state index contributed by atoms with van der Waals surface area (Å²) in [5.74, 6) is -1.84. The number of amides is 1. The number of hydrogen-bond acceptors (Lipinski definition) is 9. The molecule has 14 nitrogen and oxygen atoms in total. The van der Waals surface area contributed by atoms with Crippen molar-refractivity contribution in [2.75, 3.05) is 53.5 Å². The first-order chi connectivity index (χ1) is 21.8. The molecule has 3 rings (SSSR count). The predicted octanol–water partition coefficient (Wildman–Crippen LogP) is 2.82. The average Bonchev–Trinajstić information content (AvgIpc) is 3.01. The maximum atomic E-state index is 12.3. The number of aryl methyl sites for hydroxylation is 1. The van der Waals surface area contributed by atoms with Crippen molar-refractivity contribution in [1.82, 2.24) is 15.1 Å². The Morgan fingerprint density at radius 2 is 1.30 bits per heavy atom. The highest BCUT2D eigenvalue weighted by Gasteiger charge is 2.20. The molecule has 0 bridgehead atoms. The van der Waals surface area contributed by atoms with Gasteiger partial charge in [-0.25, -0.2) is 0 Å². The number of benzene rings is 1. The first-order valence-electron chi connectivity index (χ1n) is 15.7. The number of carbonyl (C=O) groups excluding carboxylic acids is 1. The molecule has 0 atom stereocenters. The molecule has 1 aromatic carbocycles. The molecule has 1 aliphatic heterocycles. The van der Waals surface area contributed by atoms with Gasteiger partial charge in [-0.3, -0.25) is 28.9 Å². The summed E-state index contributed by atoms with van der Waals surface area (Å²) in [5.41, 5.74) is 1.10. The van der Waals surface area contributed by atoms with E-state index in [-0.39, 0.29) is 31.6 Å². The number of nitrogens with zero attached hydrogens (tertiary/aromatic N) is 2. The number of rotatable bonds is 15. The molecule has 1 saturated heterocycles. The van der Waals surface area contributed by atoms with Crippen molar-refractivity contribution in [3.05, 3.63) is 23.8 Å². The van der Waals surface area contributed by atoms with Gasteiger partial charge in [0.25, 0.3) is 0 Å². The Hall–Kier alpha value is -3.91. The maximum absolute atomic E-state index is 12.3. The van der Waals surface area contributed by atoms with Crippen LogP contribution >= 0.6 is 0 Å². The molecule has 1 saturated carbocycles. The molecule has 260 valence electrons. The van der Waals surface area contributed by atoms with Gasteiger partial charge in [-0.1, -0.05) is 13.0 Å². The summed E-state index contributed by atoms with van der Waals surface area (Å²) in [6, 6.07) is 6.38. The molecule has 0 aromatic heterocycles. The monoisotopic (exact) mass is 653 g/mol. The van der Waals surface area contributed by atoms with Crippen molar-refractivity contribution in [3.8, 4) is 11.5 Å². The average molecular weight is 654 g/mol. The van der Waals surface area contributed by atoms with E-state index in [1.165, 1.54) is 12.8 Å². The summed E-state index contributed by atoms with van der Waals surface area (Å²) >= 11 is 0. The van der Waals surface area contributed by atoms with Crippen molar-refractivity contribution >= 4 is 29.8 Å². The normalized spacial score (nSPS) is 18.1. The van der Waals surface area contributed by atoms with Crippen molar-refractivity contribution in [2.24, 2.45) is 5.92 Å². The summed E-state index contributed by atoms with van der Waals surface area (Å²) in [5, 5.41) is 34.8. The molecule has 1 aromatic rings.